The van der Waals surface area contributed by atoms with Gasteiger partial charge in [-0.15, -0.1) is 0 Å². The second-order valence-electron chi connectivity index (χ2n) is 6.32. The van der Waals surface area contributed by atoms with E-state index in [0.717, 1.165) is 50.0 Å². The molecule has 1 aliphatic carbocycles. The molecule has 0 spiro atoms. The predicted octanol–water partition coefficient (Wildman–Crippen LogP) is 6.37. The Kier molecular flexibility index (Phi) is 6.48. The van der Waals surface area contributed by atoms with Gasteiger partial charge in [-0.1, -0.05) is 37.5 Å². The summed E-state index contributed by atoms with van der Waals surface area (Å²) in [5, 5.41) is 0. The van der Waals surface area contributed by atoms with Gasteiger partial charge in [0.1, 0.15) is 5.82 Å². The van der Waals surface area contributed by atoms with Gasteiger partial charge in [-0.25, -0.2) is 4.39 Å². The lowest BCUT2D eigenvalue weighted by Crippen LogP contribution is -2.12. The lowest BCUT2D eigenvalue weighted by Gasteiger charge is -2.27. The van der Waals surface area contributed by atoms with Crippen LogP contribution in [0.5, 0.6) is 0 Å². The third-order valence-electron chi connectivity index (χ3n) is 4.44. The third kappa shape index (κ3) is 5.70. The Labute approximate surface area is 141 Å². The van der Waals surface area contributed by atoms with E-state index in [1.165, 1.54) is 12.1 Å². The van der Waals surface area contributed by atoms with Crippen LogP contribution in [-0.2, 0) is 0 Å². The number of hydrogen-bond acceptors (Lipinski definition) is 0. The van der Waals surface area contributed by atoms with Crippen LogP contribution in [0.25, 0.3) is 0 Å². The molecule has 0 heterocycles. The van der Waals surface area contributed by atoms with E-state index in [2.05, 4.69) is 19.1 Å². The summed E-state index contributed by atoms with van der Waals surface area (Å²) in [5.41, 5.74) is 0.660. The van der Waals surface area contributed by atoms with Gasteiger partial charge in [-0.2, -0.15) is 13.2 Å². The SMILES string of the molecule is CCC/C=C/C1CCC(c2ccc(C#CC(F)(F)F)c(F)c2)CC1. The Hall–Kier alpha value is -1.76. The van der Waals surface area contributed by atoms with E-state index < -0.39 is 12.0 Å². The first-order chi connectivity index (χ1) is 11.4. The number of allylic oxidation sites excluding steroid dienone is 2. The van der Waals surface area contributed by atoms with Crippen molar-refractivity contribution in [3.8, 4) is 11.8 Å². The standard InChI is InChI=1S/C20H22F4/c1-2-3-4-5-15-6-8-16(9-7-15)18-11-10-17(19(21)14-18)12-13-20(22,23)24/h4-5,10-11,14-16H,2-3,6-9H2,1H3/b5-4+. The van der Waals surface area contributed by atoms with E-state index in [4.69, 9.17) is 0 Å². The van der Waals surface area contributed by atoms with Crippen molar-refractivity contribution in [1.82, 2.24) is 0 Å². The predicted molar refractivity (Wildman–Crippen MR) is 88.1 cm³/mol. The highest BCUT2D eigenvalue weighted by Crippen LogP contribution is 2.36. The van der Waals surface area contributed by atoms with E-state index in [1.54, 1.807) is 6.07 Å². The molecule has 0 bridgehead atoms. The highest BCUT2D eigenvalue weighted by molar-refractivity contribution is 5.39. The first kappa shape index (κ1) is 18.6. The fourth-order valence-electron chi connectivity index (χ4n) is 3.13. The summed E-state index contributed by atoms with van der Waals surface area (Å²) in [5.74, 6) is 3.17. The lowest BCUT2D eigenvalue weighted by molar-refractivity contribution is -0.0696. The first-order valence-electron chi connectivity index (χ1n) is 8.45. The molecule has 0 aromatic heterocycles. The Bertz CT molecular complexity index is 623. The molecule has 1 aliphatic rings. The summed E-state index contributed by atoms with van der Waals surface area (Å²) in [4.78, 5) is 0. The van der Waals surface area contributed by atoms with Crippen molar-refractivity contribution in [1.29, 1.82) is 0 Å². The smallest absolute Gasteiger partial charge is 0.206 e. The van der Waals surface area contributed by atoms with Crippen LogP contribution in [0.3, 0.4) is 0 Å². The van der Waals surface area contributed by atoms with E-state index >= 15 is 0 Å². The summed E-state index contributed by atoms with van der Waals surface area (Å²) in [6.07, 6.45) is 6.27. The minimum atomic E-state index is -4.60. The van der Waals surface area contributed by atoms with Crippen molar-refractivity contribution in [2.45, 2.75) is 57.5 Å². The van der Waals surface area contributed by atoms with Crippen LogP contribution in [0.2, 0.25) is 0 Å². The maximum Gasteiger partial charge on any atom is 0.458 e. The molecule has 0 amide bonds. The van der Waals surface area contributed by atoms with E-state index in [1.807, 2.05) is 5.92 Å². The van der Waals surface area contributed by atoms with Crippen LogP contribution in [0.4, 0.5) is 17.6 Å². The number of alkyl halides is 3. The molecule has 130 valence electrons. The van der Waals surface area contributed by atoms with Crippen LogP contribution in [0.15, 0.2) is 30.4 Å². The number of halogens is 4. The number of hydrogen-bond donors (Lipinski definition) is 0. The number of benzene rings is 1. The van der Waals surface area contributed by atoms with E-state index in [9.17, 15) is 17.6 Å². The van der Waals surface area contributed by atoms with Gasteiger partial charge in [0.15, 0.2) is 0 Å². The minimum Gasteiger partial charge on any atom is -0.206 e. The van der Waals surface area contributed by atoms with Crippen LogP contribution in [0.1, 0.15) is 62.5 Å². The van der Waals surface area contributed by atoms with Crippen molar-refractivity contribution in [3.63, 3.8) is 0 Å². The van der Waals surface area contributed by atoms with Crippen molar-refractivity contribution < 1.29 is 17.6 Å². The van der Waals surface area contributed by atoms with Gasteiger partial charge in [0.2, 0.25) is 0 Å². The summed E-state index contributed by atoms with van der Waals surface area (Å²) in [7, 11) is 0. The average molecular weight is 338 g/mol. The highest BCUT2D eigenvalue weighted by atomic mass is 19.4. The molecule has 0 saturated heterocycles. The summed E-state index contributed by atoms with van der Waals surface area (Å²) >= 11 is 0. The quantitative estimate of drug-likeness (QED) is 0.340. The second-order valence-corrected chi connectivity index (χ2v) is 6.32. The molecule has 1 aromatic carbocycles. The summed E-state index contributed by atoms with van der Waals surface area (Å²) in [6, 6.07) is 4.41. The Morgan fingerprint density at radius 3 is 2.46 bits per heavy atom. The average Bonchev–Trinajstić information content (AvgIpc) is 2.54. The maximum absolute atomic E-state index is 14.0. The van der Waals surface area contributed by atoms with Crippen molar-refractivity contribution in [3.05, 3.63) is 47.3 Å². The third-order valence-corrected chi connectivity index (χ3v) is 4.44. The summed E-state index contributed by atoms with van der Waals surface area (Å²) < 4.78 is 50.2. The topological polar surface area (TPSA) is 0 Å². The fraction of sp³-hybridized carbons (Fsp3) is 0.500. The molecule has 0 radical (unpaired) electrons. The monoisotopic (exact) mass is 338 g/mol. The lowest BCUT2D eigenvalue weighted by atomic mass is 9.78. The van der Waals surface area contributed by atoms with Crippen LogP contribution >= 0.6 is 0 Å². The maximum atomic E-state index is 14.0. The van der Waals surface area contributed by atoms with Crippen molar-refractivity contribution in [2.75, 3.05) is 0 Å². The molecule has 0 unspecified atom stereocenters. The molecule has 1 aromatic rings. The molecule has 0 nitrogen and oxygen atoms in total. The van der Waals surface area contributed by atoms with Gasteiger partial charge in [0.25, 0.3) is 0 Å². The fourth-order valence-corrected chi connectivity index (χ4v) is 3.13. The van der Waals surface area contributed by atoms with Gasteiger partial charge in [-0.05, 0) is 61.6 Å². The Morgan fingerprint density at radius 1 is 1.17 bits per heavy atom. The minimum absolute atomic E-state index is 0.202. The molecule has 0 N–H and O–H groups in total. The molecule has 1 fully saturated rings. The van der Waals surface area contributed by atoms with Gasteiger partial charge in [0, 0.05) is 5.92 Å². The zero-order valence-electron chi connectivity index (χ0n) is 13.8. The molecular formula is C20H22F4. The Morgan fingerprint density at radius 2 is 1.88 bits per heavy atom. The summed E-state index contributed by atoms with van der Waals surface area (Å²) in [6.45, 7) is 2.15. The Balaban J connectivity index is 1.99. The molecule has 0 atom stereocenters. The molecule has 24 heavy (non-hydrogen) atoms. The second kappa shape index (κ2) is 8.37. The highest BCUT2D eigenvalue weighted by Gasteiger charge is 2.24. The molecule has 4 heteroatoms. The zero-order chi connectivity index (χ0) is 17.6. The molecule has 0 aliphatic heterocycles. The van der Waals surface area contributed by atoms with Crippen LogP contribution < -0.4 is 0 Å². The number of rotatable bonds is 4. The van der Waals surface area contributed by atoms with Gasteiger partial charge in [-0.3, -0.25) is 0 Å². The zero-order valence-corrected chi connectivity index (χ0v) is 13.8. The molecular weight excluding hydrogens is 316 g/mol. The van der Waals surface area contributed by atoms with Crippen LogP contribution in [0, 0.1) is 23.6 Å². The van der Waals surface area contributed by atoms with Gasteiger partial charge in [0.05, 0.1) is 5.56 Å². The first-order valence-corrected chi connectivity index (χ1v) is 8.45. The van der Waals surface area contributed by atoms with Crippen molar-refractivity contribution >= 4 is 0 Å². The van der Waals surface area contributed by atoms with E-state index in [0.29, 0.717) is 5.92 Å². The van der Waals surface area contributed by atoms with Gasteiger partial charge >= 0.3 is 6.18 Å². The van der Waals surface area contributed by atoms with E-state index in [-0.39, 0.29) is 11.5 Å². The number of unbranched alkanes of at least 4 members (excludes halogenated alkanes) is 1. The van der Waals surface area contributed by atoms with Crippen LogP contribution in [-0.4, -0.2) is 6.18 Å². The molecule has 1 saturated carbocycles. The van der Waals surface area contributed by atoms with Gasteiger partial charge < -0.3 is 0 Å². The van der Waals surface area contributed by atoms with Crippen molar-refractivity contribution in [2.24, 2.45) is 5.92 Å². The normalized spacial score (nSPS) is 21.5. The molecule has 2 rings (SSSR count). The largest absolute Gasteiger partial charge is 0.458 e.